The molecule has 3 heteroatoms. The molecule has 1 saturated heterocycles. The van der Waals surface area contributed by atoms with Gasteiger partial charge in [-0.2, -0.15) is 0 Å². The molecule has 0 amide bonds. The second kappa shape index (κ2) is 4.55. The van der Waals surface area contributed by atoms with Crippen molar-refractivity contribution in [1.29, 1.82) is 0 Å². The Labute approximate surface area is 89.0 Å². The number of benzene rings is 1. The second-order valence-corrected chi connectivity index (χ2v) is 3.67. The Hall–Kier alpha value is -1.19. The van der Waals surface area contributed by atoms with Crippen LogP contribution < -0.4 is 0 Å². The lowest BCUT2D eigenvalue weighted by atomic mass is 10.0. The number of aryl methyl sites for hydroxylation is 1. The first-order chi connectivity index (χ1) is 7.27. The molecule has 1 aliphatic rings. The lowest BCUT2D eigenvalue weighted by molar-refractivity contribution is -0.0719. The number of carbonyl (C=O) groups is 1. The first-order valence-corrected chi connectivity index (χ1v) is 5.07. The van der Waals surface area contributed by atoms with Crippen molar-refractivity contribution < 1.29 is 14.3 Å². The van der Waals surface area contributed by atoms with Crippen LogP contribution >= 0.6 is 0 Å². The van der Waals surface area contributed by atoms with Gasteiger partial charge in [-0.05, 0) is 13.0 Å². The van der Waals surface area contributed by atoms with E-state index in [0.29, 0.717) is 25.4 Å². The molecule has 2 rings (SSSR count). The topological polar surface area (TPSA) is 35.5 Å². The van der Waals surface area contributed by atoms with Gasteiger partial charge in [0.15, 0.2) is 5.78 Å². The molecule has 1 heterocycles. The third-order valence-electron chi connectivity index (χ3n) is 2.41. The molecular formula is C12H14O3. The van der Waals surface area contributed by atoms with Crippen LogP contribution in [0.15, 0.2) is 24.3 Å². The van der Waals surface area contributed by atoms with E-state index in [1.807, 2.05) is 31.2 Å². The summed E-state index contributed by atoms with van der Waals surface area (Å²) in [5, 5.41) is 0. The van der Waals surface area contributed by atoms with E-state index < -0.39 is 6.10 Å². The van der Waals surface area contributed by atoms with Crippen LogP contribution in [0.1, 0.15) is 15.9 Å². The molecule has 1 fully saturated rings. The van der Waals surface area contributed by atoms with Crippen molar-refractivity contribution in [2.45, 2.75) is 13.0 Å². The predicted octanol–water partition coefficient (Wildman–Crippen LogP) is 1.59. The van der Waals surface area contributed by atoms with Crippen LogP contribution in [0.25, 0.3) is 0 Å². The van der Waals surface area contributed by atoms with Gasteiger partial charge in [0.05, 0.1) is 19.8 Å². The minimum atomic E-state index is -0.430. The number of Topliss-reactive ketones (excluding diaryl/α,β-unsaturated/α-hetero) is 1. The summed E-state index contributed by atoms with van der Waals surface area (Å²) < 4.78 is 10.6. The van der Waals surface area contributed by atoms with E-state index >= 15 is 0 Å². The van der Waals surface area contributed by atoms with Crippen molar-refractivity contribution >= 4 is 5.78 Å². The van der Waals surface area contributed by atoms with Crippen LogP contribution in [0.3, 0.4) is 0 Å². The molecule has 1 aromatic carbocycles. The molecule has 0 radical (unpaired) electrons. The highest BCUT2D eigenvalue weighted by Crippen LogP contribution is 2.11. The van der Waals surface area contributed by atoms with Crippen LogP contribution in [0.2, 0.25) is 0 Å². The quantitative estimate of drug-likeness (QED) is 0.689. The highest BCUT2D eigenvalue weighted by Gasteiger charge is 2.23. The maximum Gasteiger partial charge on any atom is 0.193 e. The Kier molecular flexibility index (Phi) is 3.14. The molecule has 0 bridgehead atoms. The molecule has 0 saturated carbocycles. The van der Waals surface area contributed by atoms with Gasteiger partial charge < -0.3 is 9.47 Å². The van der Waals surface area contributed by atoms with Gasteiger partial charge in [-0.1, -0.05) is 23.8 Å². The van der Waals surface area contributed by atoms with E-state index in [9.17, 15) is 4.79 Å². The first kappa shape index (κ1) is 10.3. The van der Waals surface area contributed by atoms with Crippen LogP contribution in [0, 0.1) is 6.92 Å². The zero-order valence-corrected chi connectivity index (χ0v) is 8.73. The normalized spacial score (nSPS) is 21.3. The van der Waals surface area contributed by atoms with Gasteiger partial charge in [0, 0.05) is 5.56 Å². The molecule has 0 aromatic heterocycles. The number of rotatable bonds is 2. The lowest BCUT2D eigenvalue weighted by Crippen LogP contribution is -2.35. The molecule has 0 spiro atoms. The summed E-state index contributed by atoms with van der Waals surface area (Å²) in [4.78, 5) is 11.9. The minimum absolute atomic E-state index is 0.0124. The highest BCUT2D eigenvalue weighted by molar-refractivity contribution is 5.99. The van der Waals surface area contributed by atoms with Crippen molar-refractivity contribution in [3.05, 3.63) is 35.4 Å². The molecule has 80 valence electrons. The largest absolute Gasteiger partial charge is 0.376 e. The van der Waals surface area contributed by atoms with Crippen LogP contribution in [-0.4, -0.2) is 31.7 Å². The summed E-state index contributed by atoms with van der Waals surface area (Å²) in [5.41, 5.74) is 1.78. The van der Waals surface area contributed by atoms with Crippen molar-refractivity contribution in [3.63, 3.8) is 0 Å². The highest BCUT2D eigenvalue weighted by atomic mass is 16.6. The summed E-state index contributed by atoms with van der Waals surface area (Å²) in [5.74, 6) is 0.0124. The predicted molar refractivity (Wildman–Crippen MR) is 56.1 cm³/mol. The van der Waals surface area contributed by atoms with E-state index in [1.165, 1.54) is 0 Å². The van der Waals surface area contributed by atoms with Crippen LogP contribution in [-0.2, 0) is 9.47 Å². The molecule has 1 unspecified atom stereocenters. The Morgan fingerprint density at radius 2 is 2.27 bits per heavy atom. The van der Waals surface area contributed by atoms with Crippen molar-refractivity contribution in [3.8, 4) is 0 Å². The number of ketones is 1. The number of carbonyl (C=O) groups excluding carboxylic acids is 1. The zero-order valence-electron chi connectivity index (χ0n) is 8.73. The lowest BCUT2D eigenvalue weighted by Gasteiger charge is -2.21. The Morgan fingerprint density at radius 3 is 2.93 bits per heavy atom. The van der Waals surface area contributed by atoms with Gasteiger partial charge in [-0.3, -0.25) is 4.79 Å². The minimum Gasteiger partial charge on any atom is -0.376 e. The van der Waals surface area contributed by atoms with Crippen molar-refractivity contribution in [1.82, 2.24) is 0 Å². The summed E-state index contributed by atoms with van der Waals surface area (Å²) >= 11 is 0. The van der Waals surface area contributed by atoms with Crippen LogP contribution in [0.4, 0.5) is 0 Å². The van der Waals surface area contributed by atoms with Gasteiger partial charge >= 0.3 is 0 Å². The molecule has 1 atom stereocenters. The molecule has 0 N–H and O–H groups in total. The average molecular weight is 206 g/mol. The maximum absolute atomic E-state index is 11.9. The van der Waals surface area contributed by atoms with Crippen molar-refractivity contribution in [2.75, 3.05) is 19.8 Å². The molecule has 15 heavy (non-hydrogen) atoms. The summed E-state index contributed by atoms with van der Waals surface area (Å²) in [6.07, 6.45) is -0.430. The fraction of sp³-hybridized carbons (Fsp3) is 0.417. The molecule has 3 nitrogen and oxygen atoms in total. The summed E-state index contributed by atoms with van der Waals surface area (Å²) in [6, 6.07) is 7.54. The van der Waals surface area contributed by atoms with Gasteiger partial charge in [-0.15, -0.1) is 0 Å². The average Bonchev–Trinajstić information content (AvgIpc) is 2.29. The summed E-state index contributed by atoms with van der Waals surface area (Å²) in [6.45, 7) is 3.42. The monoisotopic (exact) mass is 206 g/mol. The van der Waals surface area contributed by atoms with E-state index in [2.05, 4.69) is 0 Å². The maximum atomic E-state index is 11.9. The summed E-state index contributed by atoms with van der Waals surface area (Å²) in [7, 11) is 0. The molecule has 1 aliphatic heterocycles. The SMILES string of the molecule is Cc1cccc(C(=O)C2COCCO2)c1. The molecule has 0 aliphatic carbocycles. The first-order valence-electron chi connectivity index (χ1n) is 5.07. The fourth-order valence-electron chi connectivity index (χ4n) is 1.62. The molecular weight excluding hydrogens is 192 g/mol. The van der Waals surface area contributed by atoms with Crippen molar-refractivity contribution in [2.24, 2.45) is 0 Å². The number of hydrogen-bond donors (Lipinski definition) is 0. The third kappa shape index (κ3) is 2.43. The van der Waals surface area contributed by atoms with E-state index in [0.717, 1.165) is 5.56 Å². The number of hydrogen-bond acceptors (Lipinski definition) is 3. The van der Waals surface area contributed by atoms with Gasteiger partial charge in [0.25, 0.3) is 0 Å². The zero-order chi connectivity index (χ0) is 10.7. The number of ether oxygens (including phenoxy) is 2. The Balaban J connectivity index is 2.12. The smallest absolute Gasteiger partial charge is 0.193 e. The fourth-order valence-corrected chi connectivity index (χ4v) is 1.62. The van der Waals surface area contributed by atoms with Gasteiger partial charge in [-0.25, -0.2) is 0 Å². The third-order valence-corrected chi connectivity index (χ3v) is 2.41. The molecule has 1 aromatic rings. The second-order valence-electron chi connectivity index (χ2n) is 3.67. The van der Waals surface area contributed by atoms with Gasteiger partial charge in [0.1, 0.15) is 6.10 Å². The van der Waals surface area contributed by atoms with E-state index in [1.54, 1.807) is 0 Å². The van der Waals surface area contributed by atoms with E-state index in [4.69, 9.17) is 9.47 Å². The van der Waals surface area contributed by atoms with Crippen LogP contribution in [0.5, 0.6) is 0 Å². The Morgan fingerprint density at radius 1 is 1.40 bits per heavy atom. The standard InChI is InChI=1S/C12H14O3/c1-9-3-2-4-10(7-9)12(13)11-8-14-5-6-15-11/h2-4,7,11H,5-6,8H2,1H3. The van der Waals surface area contributed by atoms with E-state index in [-0.39, 0.29) is 5.78 Å². The van der Waals surface area contributed by atoms with Gasteiger partial charge in [0.2, 0.25) is 0 Å². The Bertz CT molecular complexity index is 354.